The van der Waals surface area contributed by atoms with Gasteiger partial charge in [0.15, 0.2) is 0 Å². The molecule has 1 aromatic carbocycles. The Bertz CT molecular complexity index is 618. The van der Waals surface area contributed by atoms with Gasteiger partial charge in [-0.15, -0.1) is 0 Å². The fraction of sp³-hybridized carbons (Fsp3) is 0.438. The van der Waals surface area contributed by atoms with Crippen molar-refractivity contribution in [3.63, 3.8) is 0 Å². The number of aliphatic hydroxyl groups excluding tert-OH is 1. The normalized spacial score (nSPS) is 21.0. The van der Waals surface area contributed by atoms with Crippen LogP contribution < -0.4 is 0 Å². The third-order valence-corrected chi connectivity index (χ3v) is 4.24. The quantitative estimate of drug-likeness (QED) is 0.913. The van der Waals surface area contributed by atoms with E-state index in [-0.39, 0.29) is 5.56 Å². The molecule has 1 aliphatic heterocycles. The molecule has 2 unspecified atom stereocenters. The largest absolute Gasteiger partial charge is 0.387 e. The molecule has 0 spiro atoms. The lowest BCUT2D eigenvalue weighted by Gasteiger charge is -2.33. The van der Waals surface area contributed by atoms with Crippen LogP contribution in [0.5, 0.6) is 0 Å². The third-order valence-electron chi connectivity index (χ3n) is 4.24. The van der Waals surface area contributed by atoms with Crippen molar-refractivity contribution in [1.82, 2.24) is 15.1 Å². The monoisotopic (exact) mass is 307 g/mol. The molecule has 1 fully saturated rings. The number of nitrogens with one attached hydrogen (secondary N) is 1. The fourth-order valence-electron chi connectivity index (χ4n) is 3.09. The number of aliphatic hydroxyl groups is 1. The summed E-state index contributed by atoms with van der Waals surface area (Å²) in [5.41, 5.74) is 1.17. The number of hydrogen-bond donors (Lipinski definition) is 2. The molecule has 0 bridgehead atoms. The standard InChI is InChI=1S/C16H19F2N3O/c17-13-3-4-15(18)14(6-13)16(22)10-21-5-1-2-11(9-21)12-7-19-20-8-12/h3-4,6-8,11,16,22H,1-2,5,9-10H2,(H,19,20). The number of piperidine rings is 1. The molecule has 0 radical (unpaired) electrons. The molecule has 118 valence electrons. The van der Waals surface area contributed by atoms with Gasteiger partial charge in [-0.1, -0.05) is 0 Å². The highest BCUT2D eigenvalue weighted by atomic mass is 19.1. The molecule has 6 heteroatoms. The summed E-state index contributed by atoms with van der Waals surface area (Å²) in [5, 5.41) is 17.0. The van der Waals surface area contributed by atoms with Gasteiger partial charge in [-0.25, -0.2) is 8.78 Å². The Kier molecular flexibility index (Phi) is 4.49. The summed E-state index contributed by atoms with van der Waals surface area (Å²) in [6.45, 7) is 1.94. The molecule has 0 aliphatic carbocycles. The smallest absolute Gasteiger partial charge is 0.129 e. The highest BCUT2D eigenvalue weighted by Crippen LogP contribution is 2.28. The van der Waals surface area contributed by atoms with E-state index in [4.69, 9.17) is 0 Å². The second-order valence-electron chi connectivity index (χ2n) is 5.81. The van der Waals surface area contributed by atoms with Crippen molar-refractivity contribution >= 4 is 0 Å². The topological polar surface area (TPSA) is 52.1 Å². The van der Waals surface area contributed by atoms with E-state index in [9.17, 15) is 13.9 Å². The molecule has 2 N–H and O–H groups in total. The van der Waals surface area contributed by atoms with E-state index < -0.39 is 17.7 Å². The molecule has 1 saturated heterocycles. The second kappa shape index (κ2) is 6.54. The summed E-state index contributed by atoms with van der Waals surface area (Å²) in [5.74, 6) is -0.750. The van der Waals surface area contributed by atoms with Crippen LogP contribution in [0.1, 0.15) is 36.0 Å². The highest BCUT2D eigenvalue weighted by molar-refractivity contribution is 5.21. The van der Waals surface area contributed by atoms with Gasteiger partial charge in [0.25, 0.3) is 0 Å². The van der Waals surface area contributed by atoms with E-state index in [1.807, 2.05) is 12.4 Å². The first-order valence-corrected chi connectivity index (χ1v) is 7.47. The first-order chi connectivity index (χ1) is 10.6. The van der Waals surface area contributed by atoms with Crippen LogP contribution in [0.4, 0.5) is 8.78 Å². The Morgan fingerprint density at radius 2 is 2.27 bits per heavy atom. The lowest BCUT2D eigenvalue weighted by molar-refractivity contribution is 0.0928. The van der Waals surface area contributed by atoms with Gasteiger partial charge in [0.1, 0.15) is 11.6 Å². The Labute approximate surface area is 127 Å². The van der Waals surface area contributed by atoms with Crippen molar-refractivity contribution in [2.45, 2.75) is 24.9 Å². The molecule has 3 rings (SSSR count). The maximum atomic E-state index is 13.7. The van der Waals surface area contributed by atoms with Crippen LogP contribution in [-0.4, -0.2) is 39.8 Å². The SMILES string of the molecule is OC(CN1CCCC(c2cn[nH]c2)C1)c1cc(F)ccc1F. The van der Waals surface area contributed by atoms with Crippen molar-refractivity contribution in [2.24, 2.45) is 0 Å². The summed E-state index contributed by atoms with van der Waals surface area (Å²) >= 11 is 0. The van der Waals surface area contributed by atoms with Gasteiger partial charge < -0.3 is 5.11 Å². The summed E-state index contributed by atoms with van der Waals surface area (Å²) < 4.78 is 26.9. The van der Waals surface area contributed by atoms with Gasteiger partial charge in [-0.3, -0.25) is 10.00 Å². The number of halogens is 2. The third kappa shape index (κ3) is 3.34. The lowest BCUT2D eigenvalue weighted by Crippen LogP contribution is -2.37. The summed E-state index contributed by atoms with van der Waals surface area (Å²) in [7, 11) is 0. The summed E-state index contributed by atoms with van der Waals surface area (Å²) in [4.78, 5) is 2.09. The van der Waals surface area contributed by atoms with Crippen molar-refractivity contribution in [1.29, 1.82) is 0 Å². The predicted molar refractivity (Wildman–Crippen MR) is 78.3 cm³/mol. The van der Waals surface area contributed by atoms with Gasteiger partial charge in [-0.2, -0.15) is 5.10 Å². The van der Waals surface area contributed by atoms with Gasteiger partial charge in [0.2, 0.25) is 0 Å². The van der Waals surface area contributed by atoms with Crippen LogP contribution in [0, 0.1) is 11.6 Å². The van der Waals surface area contributed by atoms with Gasteiger partial charge in [0, 0.05) is 24.8 Å². The first-order valence-electron chi connectivity index (χ1n) is 7.47. The van der Waals surface area contributed by atoms with Crippen LogP contribution in [0.3, 0.4) is 0 Å². The van der Waals surface area contributed by atoms with Crippen LogP contribution in [-0.2, 0) is 0 Å². The predicted octanol–water partition coefficient (Wildman–Crippen LogP) is 2.60. The van der Waals surface area contributed by atoms with Crippen LogP contribution in [0.15, 0.2) is 30.6 Å². The van der Waals surface area contributed by atoms with Crippen molar-refractivity contribution < 1.29 is 13.9 Å². The molecular formula is C16H19F2N3O. The average molecular weight is 307 g/mol. The number of likely N-dealkylation sites (tertiary alicyclic amines) is 1. The zero-order chi connectivity index (χ0) is 15.5. The van der Waals surface area contributed by atoms with E-state index in [1.54, 1.807) is 0 Å². The first kappa shape index (κ1) is 15.1. The van der Waals surface area contributed by atoms with E-state index >= 15 is 0 Å². The summed E-state index contributed by atoms with van der Waals surface area (Å²) in [6, 6.07) is 3.18. The van der Waals surface area contributed by atoms with Gasteiger partial charge in [0.05, 0.1) is 12.3 Å². The molecule has 2 atom stereocenters. The zero-order valence-electron chi connectivity index (χ0n) is 12.2. The minimum Gasteiger partial charge on any atom is -0.387 e. The van der Waals surface area contributed by atoms with Crippen LogP contribution >= 0.6 is 0 Å². The minimum atomic E-state index is -1.03. The van der Waals surface area contributed by atoms with Crippen LogP contribution in [0.2, 0.25) is 0 Å². The molecular weight excluding hydrogens is 288 g/mol. The molecule has 4 nitrogen and oxygen atoms in total. The van der Waals surface area contributed by atoms with Crippen molar-refractivity contribution in [3.8, 4) is 0 Å². The number of aromatic nitrogens is 2. The average Bonchev–Trinajstić information content (AvgIpc) is 3.04. The Hall–Kier alpha value is -1.79. The molecule has 0 saturated carbocycles. The van der Waals surface area contributed by atoms with Gasteiger partial charge in [-0.05, 0) is 49.1 Å². The molecule has 22 heavy (non-hydrogen) atoms. The van der Waals surface area contributed by atoms with E-state index in [2.05, 4.69) is 15.1 Å². The number of β-amino-alcohol motifs (C(OH)–C–C–N with tert-alkyl or cyclic N) is 1. The number of hydrogen-bond acceptors (Lipinski definition) is 3. The maximum absolute atomic E-state index is 13.7. The number of aromatic amines is 1. The number of nitrogens with zero attached hydrogens (tertiary/aromatic N) is 2. The fourth-order valence-corrected chi connectivity index (χ4v) is 3.09. The van der Waals surface area contributed by atoms with E-state index in [0.29, 0.717) is 12.5 Å². The van der Waals surface area contributed by atoms with E-state index in [1.165, 1.54) is 0 Å². The Morgan fingerprint density at radius 1 is 1.41 bits per heavy atom. The second-order valence-corrected chi connectivity index (χ2v) is 5.81. The maximum Gasteiger partial charge on any atom is 0.129 e. The van der Waals surface area contributed by atoms with Crippen molar-refractivity contribution in [3.05, 3.63) is 53.4 Å². The van der Waals surface area contributed by atoms with Crippen LogP contribution in [0.25, 0.3) is 0 Å². The highest BCUT2D eigenvalue weighted by Gasteiger charge is 2.25. The summed E-state index contributed by atoms with van der Waals surface area (Å²) in [6.07, 6.45) is 4.75. The molecule has 2 aromatic rings. The molecule has 1 aromatic heterocycles. The Balaban J connectivity index is 1.66. The molecule has 0 amide bonds. The number of rotatable bonds is 4. The van der Waals surface area contributed by atoms with E-state index in [0.717, 1.165) is 49.7 Å². The number of H-pyrrole nitrogens is 1. The van der Waals surface area contributed by atoms with Gasteiger partial charge >= 0.3 is 0 Å². The Morgan fingerprint density at radius 3 is 3.05 bits per heavy atom. The minimum absolute atomic E-state index is 0.0189. The molecule has 1 aliphatic rings. The molecule has 2 heterocycles. The van der Waals surface area contributed by atoms with Crippen molar-refractivity contribution in [2.75, 3.05) is 19.6 Å². The lowest BCUT2D eigenvalue weighted by atomic mass is 9.92. The zero-order valence-corrected chi connectivity index (χ0v) is 12.2. The number of benzene rings is 1.